The van der Waals surface area contributed by atoms with Crippen LogP contribution in [-0.4, -0.2) is 0 Å². The molecule has 0 saturated carbocycles. The lowest BCUT2D eigenvalue weighted by Gasteiger charge is -2.19. The lowest BCUT2D eigenvalue weighted by Crippen LogP contribution is -1.91. The van der Waals surface area contributed by atoms with E-state index < -0.39 is 0 Å². The van der Waals surface area contributed by atoms with Crippen molar-refractivity contribution in [3.8, 4) is 44.5 Å². The summed E-state index contributed by atoms with van der Waals surface area (Å²) < 4.78 is 6.23. The molecule has 9 rings (SSSR count). The molecule has 0 aliphatic rings. The predicted octanol–water partition coefficient (Wildman–Crippen LogP) is 12.9. The van der Waals surface area contributed by atoms with E-state index in [1.165, 1.54) is 66.1 Å². The maximum Gasteiger partial charge on any atom is 0.138 e. The van der Waals surface area contributed by atoms with E-state index in [9.17, 15) is 0 Å². The van der Waals surface area contributed by atoms with Gasteiger partial charge in [0.25, 0.3) is 0 Å². The predicted molar refractivity (Wildman–Crippen MR) is 195 cm³/mol. The molecule has 1 heterocycles. The molecule has 0 unspecified atom stereocenters. The van der Waals surface area contributed by atoms with Gasteiger partial charge in [-0.05, 0) is 109 Å². The Morgan fingerprint density at radius 3 is 1.52 bits per heavy atom. The topological polar surface area (TPSA) is 13.1 Å². The van der Waals surface area contributed by atoms with E-state index in [4.69, 9.17) is 4.42 Å². The molecule has 0 saturated heterocycles. The highest BCUT2D eigenvalue weighted by molar-refractivity contribution is 6.22. The molecule has 9 aromatic rings. The largest absolute Gasteiger partial charge is 0.456 e. The Morgan fingerprint density at radius 2 is 0.826 bits per heavy atom. The lowest BCUT2D eigenvalue weighted by molar-refractivity contribution is 0.666. The van der Waals surface area contributed by atoms with E-state index in [0.29, 0.717) is 0 Å². The summed E-state index contributed by atoms with van der Waals surface area (Å²) in [6.45, 7) is 2.14. The average Bonchev–Trinajstić information content (AvgIpc) is 3.50. The Kier molecular flexibility index (Phi) is 6.11. The van der Waals surface area contributed by atoms with Crippen LogP contribution in [0.1, 0.15) is 5.56 Å². The van der Waals surface area contributed by atoms with Gasteiger partial charge in [-0.15, -0.1) is 0 Å². The van der Waals surface area contributed by atoms with Crippen LogP contribution in [0.25, 0.3) is 88.0 Å². The Balaban J connectivity index is 1.27. The molecule has 0 atom stereocenters. The van der Waals surface area contributed by atoms with E-state index >= 15 is 0 Å². The smallest absolute Gasteiger partial charge is 0.138 e. The zero-order valence-electron chi connectivity index (χ0n) is 25.5. The van der Waals surface area contributed by atoms with Crippen molar-refractivity contribution >= 4 is 43.5 Å². The van der Waals surface area contributed by atoms with Gasteiger partial charge >= 0.3 is 0 Å². The van der Waals surface area contributed by atoms with Crippen LogP contribution in [0.15, 0.2) is 168 Å². The van der Waals surface area contributed by atoms with E-state index in [0.717, 1.165) is 27.5 Å². The van der Waals surface area contributed by atoms with Gasteiger partial charge in [-0.1, -0.05) is 133 Å². The monoisotopic (exact) mass is 586 g/mol. The van der Waals surface area contributed by atoms with Gasteiger partial charge in [0.05, 0.1) is 0 Å². The molecule has 46 heavy (non-hydrogen) atoms. The van der Waals surface area contributed by atoms with Gasteiger partial charge in [0.15, 0.2) is 0 Å². The first kappa shape index (κ1) is 26.5. The van der Waals surface area contributed by atoms with Gasteiger partial charge < -0.3 is 4.42 Å². The zero-order chi connectivity index (χ0) is 30.6. The second kappa shape index (κ2) is 10.6. The summed E-state index contributed by atoms with van der Waals surface area (Å²) >= 11 is 0. The molecule has 0 spiro atoms. The first-order valence-electron chi connectivity index (χ1n) is 15.8. The third-order valence-electron chi connectivity index (χ3n) is 9.34. The van der Waals surface area contributed by atoms with Gasteiger partial charge in [-0.2, -0.15) is 0 Å². The third-order valence-corrected chi connectivity index (χ3v) is 9.34. The summed E-state index contributed by atoms with van der Waals surface area (Å²) in [7, 11) is 0. The third kappa shape index (κ3) is 4.24. The molecule has 0 N–H and O–H groups in total. The first-order chi connectivity index (χ1) is 22.7. The maximum atomic E-state index is 6.23. The minimum Gasteiger partial charge on any atom is -0.456 e. The second-order valence-electron chi connectivity index (χ2n) is 12.1. The lowest BCUT2D eigenvalue weighted by atomic mass is 9.85. The minimum atomic E-state index is 0.930. The average molecular weight is 587 g/mol. The Bertz CT molecular complexity index is 2570. The van der Waals surface area contributed by atoms with Crippen LogP contribution < -0.4 is 0 Å². The second-order valence-corrected chi connectivity index (χ2v) is 12.1. The normalized spacial score (nSPS) is 11.6. The fraction of sp³-hybridized carbons (Fsp3) is 0.0222. The number of para-hydroxylation sites is 1. The standard InChI is InChI=1S/C45H30O/c1-29-25-35(28-41-36-19-10-11-22-42(36)46-45(29)41)33-18-12-17-32(26-33)34-23-24-39-40(27-34)44(31-15-6-3-7-16-31)38-21-9-8-20-37(38)43(39)30-13-4-2-5-14-30/h2-28H,1H3. The summed E-state index contributed by atoms with van der Waals surface area (Å²) in [5.74, 6) is 0. The maximum absolute atomic E-state index is 6.23. The summed E-state index contributed by atoms with van der Waals surface area (Å²) in [5, 5.41) is 7.37. The van der Waals surface area contributed by atoms with Crippen LogP contribution in [0.3, 0.4) is 0 Å². The van der Waals surface area contributed by atoms with Crippen molar-refractivity contribution in [2.45, 2.75) is 6.92 Å². The number of aryl methyl sites for hydroxylation is 1. The van der Waals surface area contributed by atoms with Gasteiger partial charge in [0, 0.05) is 10.8 Å². The van der Waals surface area contributed by atoms with Crippen molar-refractivity contribution in [2.24, 2.45) is 0 Å². The molecule has 1 aromatic heterocycles. The van der Waals surface area contributed by atoms with Crippen LogP contribution in [0.2, 0.25) is 0 Å². The molecule has 0 aliphatic carbocycles. The van der Waals surface area contributed by atoms with Crippen LogP contribution in [-0.2, 0) is 0 Å². The highest BCUT2D eigenvalue weighted by atomic mass is 16.3. The number of fused-ring (bicyclic) bond motifs is 5. The molecular formula is C45H30O. The quantitative estimate of drug-likeness (QED) is 0.187. The summed E-state index contributed by atoms with van der Waals surface area (Å²) in [6.07, 6.45) is 0. The molecule has 1 heteroatoms. The van der Waals surface area contributed by atoms with Gasteiger partial charge in [-0.25, -0.2) is 0 Å². The summed E-state index contributed by atoms with van der Waals surface area (Å²) in [5.41, 5.74) is 12.8. The van der Waals surface area contributed by atoms with Crippen LogP contribution in [0.5, 0.6) is 0 Å². The molecule has 0 bridgehead atoms. The Hall–Kier alpha value is -5.92. The molecule has 1 nitrogen and oxygen atoms in total. The number of furan rings is 1. The molecule has 0 amide bonds. The number of hydrogen-bond donors (Lipinski definition) is 0. The first-order valence-corrected chi connectivity index (χ1v) is 15.8. The van der Waals surface area contributed by atoms with Crippen molar-refractivity contribution in [2.75, 3.05) is 0 Å². The Labute approximate surface area is 268 Å². The number of rotatable bonds is 4. The minimum absolute atomic E-state index is 0.930. The van der Waals surface area contributed by atoms with Crippen molar-refractivity contribution in [3.05, 3.63) is 169 Å². The van der Waals surface area contributed by atoms with Crippen LogP contribution in [0, 0.1) is 6.92 Å². The summed E-state index contributed by atoms with van der Waals surface area (Å²) in [6, 6.07) is 59.3. The van der Waals surface area contributed by atoms with Crippen molar-refractivity contribution in [1.29, 1.82) is 0 Å². The fourth-order valence-corrected chi connectivity index (χ4v) is 7.23. The van der Waals surface area contributed by atoms with Crippen molar-refractivity contribution in [3.63, 3.8) is 0 Å². The molecule has 0 radical (unpaired) electrons. The highest BCUT2D eigenvalue weighted by Crippen LogP contribution is 2.45. The van der Waals surface area contributed by atoms with Gasteiger partial charge in [0.2, 0.25) is 0 Å². The van der Waals surface area contributed by atoms with Gasteiger partial charge in [-0.3, -0.25) is 0 Å². The molecule has 216 valence electrons. The summed E-state index contributed by atoms with van der Waals surface area (Å²) in [4.78, 5) is 0. The molecular weight excluding hydrogens is 556 g/mol. The zero-order valence-corrected chi connectivity index (χ0v) is 25.5. The van der Waals surface area contributed by atoms with Crippen LogP contribution in [0.4, 0.5) is 0 Å². The SMILES string of the molecule is Cc1cc(-c2cccc(-c3ccc4c(-c5ccccc5)c5ccccc5c(-c5ccccc5)c4c3)c2)cc2c1oc1ccccc12. The highest BCUT2D eigenvalue weighted by Gasteiger charge is 2.18. The van der Waals surface area contributed by atoms with Crippen molar-refractivity contribution in [1.82, 2.24) is 0 Å². The van der Waals surface area contributed by atoms with Gasteiger partial charge in [0.1, 0.15) is 11.2 Å². The van der Waals surface area contributed by atoms with E-state index in [1.54, 1.807) is 0 Å². The molecule has 0 aliphatic heterocycles. The fourth-order valence-electron chi connectivity index (χ4n) is 7.23. The van der Waals surface area contributed by atoms with E-state index in [1.807, 2.05) is 12.1 Å². The molecule has 8 aromatic carbocycles. The van der Waals surface area contributed by atoms with E-state index in [-0.39, 0.29) is 0 Å². The Morgan fingerprint density at radius 1 is 0.326 bits per heavy atom. The number of hydrogen-bond acceptors (Lipinski definition) is 1. The van der Waals surface area contributed by atoms with Crippen molar-refractivity contribution < 1.29 is 4.42 Å². The number of benzene rings is 8. The molecule has 0 fully saturated rings. The van der Waals surface area contributed by atoms with E-state index in [2.05, 4.69) is 159 Å². The van der Waals surface area contributed by atoms with Crippen LogP contribution >= 0.6 is 0 Å².